The summed E-state index contributed by atoms with van der Waals surface area (Å²) in [7, 11) is -8.58. The average molecular weight is 552 g/mol. The Morgan fingerprint density at radius 3 is 2.60 bits per heavy atom. The standard InChI is InChI=1S/C21H31ClN3O8PS/c1-12(2)33-34(28,29)11-35(30,31)10-16-17(26)18(27)20(32-16)25-8-7-14-15(9-13-5-3-4-6-13)23-21(22)24-19(14)25/h7-8,12-13,16-18,20,26-27H,3-6,9-11H2,1-2H3,(H,28,29)/t16-,17-,18-,20-/m1/s1. The lowest BCUT2D eigenvalue weighted by atomic mass is 10.0. The Balaban J connectivity index is 1.55. The molecule has 2 aromatic heterocycles. The smallest absolute Gasteiger partial charge is 0.343 e. The summed E-state index contributed by atoms with van der Waals surface area (Å²) in [5.41, 5.74) is 0.0790. The van der Waals surface area contributed by atoms with Crippen LogP contribution in [-0.2, 0) is 30.1 Å². The van der Waals surface area contributed by atoms with Crippen molar-refractivity contribution in [3.05, 3.63) is 23.2 Å². The molecule has 1 aliphatic heterocycles. The van der Waals surface area contributed by atoms with Crippen molar-refractivity contribution < 1.29 is 37.3 Å². The van der Waals surface area contributed by atoms with Gasteiger partial charge in [-0.25, -0.2) is 13.4 Å². The van der Waals surface area contributed by atoms with E-state index < -0.39 is 59.3 Å². The van der Waals surface area contributed by atoms with Gasteiger partial charge in [-0.05, 0) is 43.9 Å². The van der Waals surface area contributed by atoms with Crippen LogP contribution in [0.3, 0.4) is 0 Å². The molecule has 11 nitrogen and oxygen atoms in total. The van der Waals surface area contributed by atoms with Gasteiger partial charge in [0.2, 0.25) is 5.28 Å². The fourth-order valence-electron chi connectivity index (χ4n) is 4.92. The summed E-state index contributed by atoms with van der Waals surface area (Å²) in [6.07, 6.45) is 0.878. The highest BCUT2D eigenvalue weighted by Gasteiger charge is 2.46. The summed E-state index contributed by atoms with van der Waals surface area (Å²) in [5, 5.41) is 22.0. The molecule has 35 heavy (non-hydrogen) atoms. The number of fused-ring (bicyclic) bond motifs is 1. The Bertz CT molecular complexity index is 1220. The van der Waals surface area contributed by atoms with Gasteiger partial charge in [-0.3, -0.25) is 4.57 Å². The first-order valence-electron chi connectivity index (χ1n) is 11.6. The highest BCUT2D eigenvalue weighted by molar-refractivity contribution is 7.97. The van der Waals surface area contributed by atoms with Gasteiger partial charge < -0.3 is 28.9 Å². The first kappa shape index (κ1) is 26.9. The number of rotatable bonds is 9. The quantitative estimate of drug-likeness (QED) is 0.312. The van der Waals surface area contributed by atoms with E-state index in [1.807, 2.05) is 0 Å². The van der Waals surface area contributed by atoms with Crippen molar-refractivity contribution in [1.29, 1.82) is 0 Å². The van der Waals surface area contributed by atoms with Gasteiger partial charge in [0.1, 0.15) is 24.0 Å². The topological polar surface area (TPSA) is 161 Å². The predicted octanol–water partition coefficient (Wildman–Crippen LogP) is 2.42. The molecule has 1 saturated heterocycles. The van der Waals surface area contributed by atoms with Crippen molar-refractivity contribution in [2.24, 2.45) is 5.92 Å². The molecular weight excluding hydrogens is 521 g/mol. The number of aromatic nitrogens is 3. The van der Waals surface area contributed by atoms with E-state index in [1.165, 1.54) is 31.3 Å². The molecule has 0 aromatic carbocycles. The number of sulfone groups is 1. The van der Waals surface area contributed by atoms with E-state index in [1.54, 1.807) is 12.3 Å². The van der Waals surface area contributed by atoms with Crippen molar-refractivity contribution in [2.75, 3.05) is 11.2 Å². The Morgan fingerprint density at radius 1 is 1.26 bits per heavy atom. The van der Waals surface area contributed by atoms with Gasteiger partial charge in [0.25, 0.3) is 0 Å². The fourth-order valence-corrected chi connectivity index (χ4v) is 9.19. The van der Waals surface area contributed by atoms with Crippen LogP contribution in [0.1, 0.15) is 51.5 Å². The molecule has 0 spiro atoms. The third-order valence-corrected chi connectivity index (χ3v) is 11.0. The first-order chi connectivity index (χ1) is 16.3. The van der Waals surface area contributed by atoms with Gasteiger partial charge in [-0.1, -0.05) is 25.7 Å². The molecule has 14 heteroatoms. The molecule has 4 rings (SSSR count). The molecule has 1 aliphatic carbocycles. The van der Waals surface area contributed by atoms with Crippen molar-refractivity contribution in [2.45, 2.75) is 76.6 Å². The molecular formula is C21H31ClN3O8PS. The van der Waals surface area contributed by atoms with Gasteiger partial charge in [0.15, 0.2) is 21.6 Å². The zero-order chi connectivity index (χ0) is 25.5. The molecule has 3 heterocycles. The minimum Gasteiger partial charge on any atom is -0.387 e. The minimum absolute atomic E-state index is 0.0430. The summed E-state index contributed by atoms with van der Waals surface area (Å²) < 4.78 is 49.3. The zero-order valence-electron chi connectivity index (χ0n) is 19.5. The molecule has 2 fully saturated rings. The predicted molar refractivity (Wildman–Crippen MR) is 129 cm³/mol. The molecule has 0 amide bonds. The third kappa shape index (κ3) is 6.24. The minimum atomic E-state index is -4.41. The first-order valence-corrected chi connectivity index (χ1v) is 15.6. The number of hydrogen-bond donors (Lipinski definition) is 3. The number of nitrogens with zero attached hydrogens (tertiary/aromatic N) is 3. The highest BCUT2D eigenvalue weighted by Crippen LogP contribution is 2.45. The summed E-state index contributed by atoms with van der Waals surface area (Å²) in [5.74, 6) is -0.255. The zero-order valence-corrected chi connectivity index (χ0v) is 22.0. The Morgan fingerprint density at radius 2 is 1.94 bits per heavy atom. The summed E-state index contributed by atoms with van der Waals surface area (Å²) >= 11 is 6.19. The summed E-state index contributed by atoms with van der Waals surface area (Å²) in [4.78, 5) is 18.6. The lowest BCUT2D eigenvalue weighted by Crippen LogP contribution is -2.36. The lowest BCUT2D eigenvalue weighted by molar-refractivity contribution is -0.0288. The van der Waals surface area contributed by atoms with Crippen molar-refractivity contribution in [3.63, 3.8) is 0 Å². The van der Waals surface area contributed by atoms with Crippen molar-refractivity contribution in [1.82, 2.24) is 14.5 Å². The Hall–Kier alpha value is -1.11. The second-order valence-electron chi connectivity index (χ2n) is 9.63. The Labute approximate surface area is 208 Å². The van der Waals surface area contributed by atoms with Gasteiger partial charge in [-0.15, -0.1) is 0 Å². The van der Waals surface area contributed by atoms with Crippen LogP contribution < -0.4 is 0 Å². The van der Waals surface area contributed by atoms with Crippen LogP contribution >= 0.6 is 19.2 Å². The maximum absolute atomic E-state index is 12.6. The molecule has 5 atom stereocenters. The number of ether oxygens (including phenoxy) is 1. The number of halogens is 1. The van der Waals surface area contributed by atoms with Crippen LogP contribution in [0.25, 0.3) is 11.0 Å². The van der Waals surface area contributed by atoms with E-state index in [2.05, 4.69) is 9.97 Å². The van der Waals surface area contributed by atoms with E-state index in [-0.39, 0.29) is 5.28 Å². The molecule has 196 valence electrons. The van der Waals surface area contributed by atoms with Crippen LogP contribution in [0, 0.1) is 5.92 Å². The number of aliphatic hydroxyl groups excluding tert-OH is 2. The van der Waals surface area contributed by atoms with Crippen LogP contribution in [0.2, 0.25) is 5.28 Å². The second-order valence-corrected chi connectivity index (χ2v) is 14.3. The molecule has 2 aliphatic rings. The molecule has 1 unspecified atom stereocenters. The SMILES string of the molecule is CC(C)OP(=O)(O)CS(=O)(=O)C[C@H]1O[C@@H](n2ccc3c(CC4CCCC4)nc(Cl)nc32)[C@H](O)[C@@H]1O. The molecule has 3 N–H and O–H groups in total. The second kappa shape index (κ2) is 10.3. The molecule has 1 saturated carbocycles. The fraction of sp³-hybridized carbons (Fsp3) is 0.714. The average Bonchev–Trinajstić information content (AvgIpc) is 3.42. The Kier molecular flexibility index (Phi) is 7.95. The monoisotopic (exact) mass is 551 g/mol. The molecule has 2 aromatic rings. The van der Waals surface area contributed by atoms with Crippen molar-refractivity contribution >= 4 is 40.1 Å². The van der Waals surface area contributed by atoms with Crippen LogP contribution in [0.15, 0.2) is 12.3 Å². The normalized spacial score (nSPS) is 27.7. The molecule has 0 radical (unpaired) electrons. The largest absolute Gasteiger partial charge is 0.387 e. The maximum Gasteiger partial charge on any atom is 0.343 e. The van der Waals surface area contributed by atoms with E-state index in [4.69, 9.17) is 20.9 Å². The van der Waals surface area contributed by atoms with Gasteiger partial charge in [0.05, 0.1) is 17.6 Å². The van der Waals surface area contributed by atoms with E-state index in [9.17, 15) is 28.1 Å². The van der Waals surface area contributed by atoms with E-state index >= 15 is 0 Å². The van der Waals surface area contributed by atoms with E-state index in [0.29, 0.717) is 11.6 Å². The highest BCUT2D eigenvalue weighted by atomic mass is 35.5. The third-order valence-electron chi connectivity index (χ3n) is 6.35. The van der Waals surface area contributed by atoms with Gasteiger partial charge >= 0.3 is 7.60 Å². The van der Waals surface area contributed by atoms with Crippen LogP contribution in [-0.4, -0.2) is 73.7 Å². The maximum atomic E-state index is 12.6. The number of aliphatic hydroxyl groups is 2. The number of hydrogen-bond acceptors (Lipinski definition) is 9. The van der Waals surface area contributed by atoms with Crippen LogP contribution in [0.4, 0.5) is 0 Å². The lowest BCUT2D eigenvalue weighted by Gasteiger charge is -2.18. The van der Waals surface area contributed by atoms with Crippen molar-refractivity contribution in [3.8, 4) is 0 Å². The van der Waals surface area contributed by atoms with E-state index in [0.717, 1.165) is 30.3 Å². The van der Waals surface area contributed by atoms with Crippen LogP contribution in [0.5, 0.6) is 0 Å². The summed E-state index contributed by atoms with van der Waals surface area (Å²) in [6, 6.07) is 1.79. The van der Waals surface area contributed by atoms with Gasteiger partial charge in [0, 0.05) is 11.6 Å². The van der Waals surface area contributed by atoms with Gasteiger partial charge in [-0.2, -0.15) is 4.98 Å². The molecule has 0 bridgehead atoms. The summed E-state index contributed by atoms with van der Waals surface area (Å²) in [6.45, 7) is 3.02.